The van der Waals surface area contributed by atoms with E-state index in [1.807, 2.05) is 37.3 Å². The summed E-state index contributed by atoms with van der Waals surface area (Å²) in [5, 5.41) is 2.74. The van der Waals surface area contributed by atoms with Crippen molar-refractivity contribution in [1.29, 1.82) is 0 Å². The van der Waals surface area contributed by atoms with Crippen LogP contribution in [0.15, 0.2) is 53.5 Å². The molecule has 0 fully saturated rings. The maximum Gasteiger partial charge on any atom is 0.250 e. The summed E-state index contributed by atoms with van der Waals surface area (Å²) in [7, 11) is 0. The van der Waals surface area contributed by atoms with Gasteiger partial charge >= 0.3 is 0 Å². The maximum atomic E-state index is 12.1. The molecule has 0 bridgehead atoms. The van der Waals surface area contributed by atoms with Crippen molar-refractivity contribution in [2.45, 2.75) is 25.9 Å². The van der Waals surface area contributed by atoms with Gasteiger partial charge in [-0.05, 0) is 25.0 Å². The minimum absolute atomic E-state index is 0.0934. The van der Waals surface area contributed by atoms with Gasteiger partial charge in [0.15, 0.2) is 0 Å². The second kappa shape index (κ2) is 6.85. The van der Waals surface area contributed by atoms with Crippen LogP contribution < -0.4 is 16.6 Å². The Kier molecular flexibility index (Phi) is 4.90. The molecule has 2 rings (SSSR count). The molecule has 0 aliphatic heterocycles. The van der Waals surface area contributed by atoms with Crippen molar-refractivity contribution in [3.05, 3.63) is 64.6 Å². The van der Waals surface area contributed by atoms with E-state index in [0.29, 0.717) is 18.7 Å². The summed E-state index contributed by atoms with van der Waals surface area (Å²) >= 11 is 0. The van der Waals surface area contributed by atoms with Crippen LogP contribution in [0.1, 0.15) is 12.5 Å². The number of aromatic nitrogens is 1. The van der Waals surface area contributed by atoms with Gasteiger partial charge in [-0.1, -0.05) is 30.3 Å². The predicted molar refractivity (Wildman–Crippen MR) is 83.1 cm³/mol. The lowest BCUT2D eigenvalue weighted by Crippen LogP contribution is -2.37. The van der Waals surface area contributed by atoms with E-state index in [4.69, 9.17) is 5.73 Å². The first-order chi connectivity index (χ1) is 10.1. The normalized spacial score (nSPS) is 11.9. The zero-order valence-corrected chi connectivity index (χ0v) is 12.0. The number of nitrogens with zero attached hydrogens (tertiary/aromatic N) is 1. The monoisotopic (exact) mass is 285 g/mol. The highest BCUT2D eigenvalue weighted by Crippen LogP contribution is 2.06. The SMILES string of the molecule is CCn1cc(NC(=O)C(N)Cc2ccccc2)ccc1=O. The van der Waals surface area contributed by atoms with Crippen LogP contribution in [0.25, 0.3) is 0 Å². The lowest BCUT2D eigenvalue weighted by atomic mass is 10.1. The predicted octanol–water partition coefficient (Wildman–Crippen LogP) is 1.38. The molecule has 21 heavy (non-hydrogen) atoms. The molecule has 0 aliphatic rings. The zero-order chi connectivity index (χ0) is 15.2. The summed E-state index contributed by atoms with van der Waals surface area (Å²) in [6.45, 7) is 2.42. The van der Waals surface area contributed by atoms with Crippen molar-refractivity contribution in [1.82, 2.24) is 4.57 Å². The average Bonchev–Trinajstić information content (AvgIpc) is 2.50. The molecule has 1 unspecified atom stereocenters. The van der Waals surface area contributed by atoms with Crippen LogP contribution in [0.3, 0.4) is 0 Å². The first-order valence-corrected chi connectivity index (χ1v) is 6.91. The van der Waals surface area contributed by atoms with Gasteiger partial charge in [0.2, 0.25) is 5.91 Å². The molecule has 1 amide bonds. The molecule has 5 nitrogen and oxygen atoms in total. The summed E-state index contributed by atoms with van der Waals surface area (Å²) < 4.78 is 1.53. The van der Waals surface area contributed by atoms with Crippen molar-refractivity contribution in [2.75, 3.05) is 5.32 Å². The Morgan fingerprint density at radius 3 is 2.62 bits per heavy atom. The lowest BCUT2D eigenvalue weighted by molar-refractivity contribution is -0.117. The summed E-state index contributed by atoms with van der Waals surface area (Å²) in [5.74, 6) is -0.264. The van der Waals surface area contributed by atoms with Gasteiger partial charge in [-0.3, -0.25) is 9.59 Å². The van der Waals surface area contributed by atoms with Crippen LogP contribution in [-0.4, -0.2) is 16.5 Å². The van der Waals surface area contributed by atoms with Crippen LogP contribution in [0.4, 0.5) is 5.69 Å². The third kappa shape index (κ3) is 4.03. The van der Waals surface area contributed by atoms with E-state index in [9.17, 15) is 9.59 Å². The van der Waals surface area contributed by atoms with Crippen LogP contribution in [0, 0.1) is 0 Å². The molecule has 1 heterocycles. The maximum absolute atomic E-state index is 12.1. The number of pyridine rings is 1. The van der Waals surface area contributed by atoms with E-state index in [1.54, 1.807) is 12.3 Å². The fourth-order valence-electron chi connectivity index (χ4n) is 2.05. The highest BCUT2D eigenvalue weighted by molar-refractivity contribution is 5.94. The van der Waals surface area contributed by atoms with Crippen LogP contribution in [-0.2, 0) is 17.8 Å². The molecule has 0 aliphatic carbocycles. The van der Waals surface area contributed by atoms with Gasteiger partial charge in [0.25, 0.3) is 5.56 Å². The number of aryl methyl sites for hydroxylation is 1. The van der Waals surface area contributed by atoms with Gasteiger partial charge in [0.1, 0.15) is 0 Å². The van der Waals surface area contributed by atoms with Crippen molar-refractivity contribution < 1.29 is 4.79 Å². The molecule has 0 radical (unpaired) electrons. The van der Waals surface area contributed by atoms with Gasteiger partial charge in [0, 0.05) is 18.8 Å². The number of carbonyl (C=O) groups is 1. The summed E-state index contributed by atoms with van der Waals surface area (Å²) in [5.41, 5.74) is 7.41. The number of nitrogens with one attached hydrogen (secondary N) is 1. The minimum atomic E-state index is -0.630. The van der Waals surface area contributed by atoms with Crippen LogP contribution in [0.2, 0.25) is 0 Å². The highest BCUT2D eigenvalue weighted by Gasteiger charge is 2.14. The van der Waals surface area contributed by atoms with Crippen molar-refractivity contribution in [3.63, 3.8) is 0 Å². The van der Waals surface area contributed by atoms with Gasteiger partial charge in [-0.25, -0.2) is 0 Å². The molecule has 2 aromatic rings. The van der Waals surface area contributed by atoms with Crippen molar-refractivity contribution >= 4 is 11.6 Å². The molecule has 0 saturated heterocycles. The molecule has 5 heteroatoms. The second-order valence-electron chi connectivity index (χ2n) is 4.83. The number of rotatable bonds is 5. The fourth-order valence-corrected chi connectivity index (χ4v) is 2.05. The molecular weight excluding hydrogens is 266 g/mol. The van der Waals surface area contributed by atoms with Crippen molar-refractivity contribution in [3.8, 4) is 0 Å². The topological polar surface area (TPSA) is 77.1 Å². The third-order valence-corrected chi connectivity index (χ3v) is 3.23. The lowest BCUT2D eigenvalue weighted by Gasteiger charge is -2.13. The Hall–Kier alpha value is -2.40. The van der Waals surface area contributed by atoms with E-state index >= 15 is 0 Å². The number of nitrogens with two attached hydrogens (primary N) is 1. The minimum Gasteiger partial charge on any atom is -0.323 e. The quantitative estimate of drug-likeness (QED) is 0.871. The Morgan fingerprint density at radius 2 is 1.95 bits per heavy atom. The fraction of sp³-hybridized carbons (Fsp3) is 0.250. The number of hydrogen-bond donors (Lipinski definition) is 2. The number of anilines is 1. The van der Waals surface area contributed by atoms with Crippen LogP contribution >= 0.6 is 0 Å². The van der Waals surface area contributed by atoms with Crippen molar-refractivity contribution in [2.24, 2.45) is 5.73 Å². The highest BCUT2D eigenvalue weighted by atomic mass is 16.2. The Bertz CT molecular complexity index is 665. The van der Waals surface area contributed by atoms with Gasteiger partial charge in [0.05, 0.1) is 11.7 Å². The van der Waals surface area contributed by atoms with Gasteiger partial charge < -0.3 is 15.6 Å². The first kappa shape index (κ1) is 15.0. The number of carbonyl (C=O) groups excluding carboxylic acids is 1. The average molecular weight is 285 g/mol. The Labute approximate surface area is 123 Å². The molecule has 1 atom stereocenters. The number of hydrogen-bond acceptors (Lipinski definition) is 3. The summed E-state index contributed by atoms with van der Waals surface area (Å²) in [6.07, 6.45) is 2.09. The smallest absolute Gasteiger partial charge is 0.250 e. The van der Waals surface area contributed by atoms with E-state index < -0.39 is 6.04 Å². The molecule has 1 aromatic heterocycles. The van der Waals surface area contributed by atoms with Gasteiger partial charge in [-0.15, -0.1) is 0 Å². The summed E-state index contributed by atoms with van der Waals surface area (Å²) in [4.78, 5) is 23.6. The van der Waals surface area contributed by atoms with E-state index in [0.717, 1.165) is 5.56 Å². The number of benzene rings is 1. The van der Waals surface area contributed by atoms with Crippen LogP contribution in [0.5, 0.6) is 0 Å². The molecule has 110 valence electrons. The Morgan fingerprint density at radius 1 is 1.24 bits per heavy atom. The van der Waals surface area contributed by atoms with E-state index in [1.165, 1.54) is 10.6 Å². The van der Waals surface area contributed by atoms with Gasteiger partial charge in [-0.2, -0.15) is 0 Å². The molecule has 0 spiro atoms. The summed E-state index contributed by atoms with van der Waals surface area (Å²) in [6, 6.07) is 12.0. The Balaban J connectivity index is 2.02. The molecule has 1 aromatic carbocycles. The zero-order valence-electron chi connectivity index (χ0n) is 12.0. The first-order valence-electron chi connectivity index (χ1n) is 6.91. The van der Waals surface area contributed by atoms with E-state index in [2.05, 4.69) is 5.32 Å². The standard InChI is InChI=1S/C16H19N3O2/c1-2-19-11-13(8-9-15(19)20)18-16(21)14(17)10-12-6-4-3-5-7-12/h3-9,11,14H,2,10,17H2,1H3,(H,18,21). The molecular formula is C16H19N3O2. The number of amides is 1. The third-order valence-electron chi connectivity index (χ3n) is 3.23. The molecule has 0 saturated carbocycles. The largest absolute Gasteiger partial charge is 0.323 e. The molecule has 3 N–H and O–H groups in total. The second-order valence-corrected chi connectivity index (χ2v) is 4.83. The van der Waals surface area contributed by atoms with E-state index in [-0.39, 0.29) is 11.5 Å².